The number of nitro benzene ring substituents is 1. The molecular weight excluding hydrogens is 921 g/mol. The molecule has 1 spiro atoms. The lowest BCUT2D eigenvalue weighted by Crippen LogP contribution is -2.63. The van der Waals surface area contributed by atoms with Gasteiger partial charge in [0.05, 0.1) is 21.0 Å². The Morgan fingerprint density at radius 2 is 1.72 bits per heavy atom. The Morgan fingerprint density at radius 1 is 0.944 bits per heavy atom. The number of hydrogen-bond acceptors (Lipinski definition) is 13. The number of benzene rings is 3. The van der Waals surface area contributed by atoms with Crippen molar-refractivity contribution in [1.82, 2.24) is 24.5 Å². The molecule has 3 aromatic carbocycles. The van der Waals surface area contributed by atoms with Gasteiger partial charge in [-0.25, -0.2) is 13.1 Å². The lowest BCUT2D eigenvalue weighted by Gasteiger charge is -2.57. The van der Waals surface area contributed by atoms with E-state index in [2.05, 4.69) is 67.8 Å². The molecular formula is C54H68N8O8S. The number of piperidine rings is 1. The molecule has 2 aliphatic carbocycles. The van der Waals surface area contributed by atoms with E-state index >= 15 is 0 Å². The maximum Gasteiger partial charge on any atom is 0.293 e. The number of anilines is 2. The molecule has 0 unspecified atom stereocenters. The molecule has 5 fully saturated rings. The summed E-state index contributed by atoms with van der Waals surface area (Å²) in [6.45, 7) is 13.7. The van der Waals surface area contributed by atoms with Crippen molar-refractivity contribution in [1.29, 1.82) is 0 Å². The van der Waals surface area contributed by atoms with Gasteiger partial charge >= 0.3 is 0 Å². The molecule has 5 heterocycles. The number of aromatic amines is 1. The highest BCUT2D eigenvalue weighted by molar-refractivity contribution is 7.90. The van der Waals surface area contributed by atoms with Gasteiger partial charge in [-0.05, 0) is 148 Å². The first-order chi connectivity index (χ1) is 34.1. The molecule has 2 atom stereocenters. The van der Waals surface area contributed by atoms with Gasteiger partial charge in [-0.15, -0.1) is 0 Å². The molecule has 2 saturated carbocycles. The standard InChI is InChI=1S/C54H68N8O8S/c1-36(2)41-8-4-5-9-42(41)43-10-6-11-46(43)61-34-54(35-61)21-26-60(27-22-54)39-12-14-44(48(31-39)70-49-30-38-18-23-55-50(38)57-52(49)69-29-28-59-24-7-25-59)51(63)58-71(67,68)40-13-15-45(47(32-40)62(65)66)56-33-37-16-19-53(3,64)20-17-37/h4-5,8-9,12-15,18,23,30-32,36-37,43,46,56,64H,6-7,10-11,16-17,19-22,24-29,33-35H2,1-3H3,(H,55,57)(H,58,63)/t37-,43-,46-,53-/m1/s1. The summed E-state index contributed by atoms with van der Waals surface area (Å²) in [6, 6.07) is 22.0. The van der Waals surface area contributed by atoms with Crippen LogP contribution in [0.15, 0.2) is 83.9 Å². The van der Waals surface area contributed by atoms with Crippen molar-refractivity contribution >= 4 is 44.0 Å². The van der Waals surface area contributed by atoms with E-state index in [1.165, 1.54) is 42.5 Å². The van der Waals surface area contributed by atoms with E-state index in [-0.39, 0.29) is 40.0 Å². The normalized spacial score (nSPS) is 23.6. The molecule has 5 aliphatic rings. The van der Waals surface area contributed by atoms with E-state index in [4.69, 9.17) is 14.5 Å². The largest absolute Gasteiger partial charge is 0.474 e. The number of sulfonamides is 1. The fourth-order valence-corrected chi connectivity index (χ4v) is 12.8. The average Bonchev–Trinajstić information content (AvgIpc) is 4.01. The van der Waals surface area contributed by atoms with Crippen molar-refractivity contribution < 1.29 is 32.7 Å². The molecule has 2 aromatic heterocycles. The van der Waals surface area contributed by atoms with Gasteiger partial charge in [0.15, 0.2) is 5.75 Å². The van der Waals surface area contributed by atoms with Crippen LogP contribution in [0.2, 0.25) is 0 Å². The lowest BCUT2D eigenvalue weighted by atomic mass is 9.70. The molecule has 17 heteroatoms. The maximum atomic E-state index is 14.3. The number of nitro groups is 1. The maximum absolute atomic E-state index is 14.3. The fourth-order valence-electron chi connectivity index (χ4n) is 11.8. The molecule has 16 nitrogen and oxygen atoms in total. The highest BCUT2D eigenvalue weighted by atomic mass is 32.2. The van der Waals surface area contributed by atoms with Crippen LogP contribution in [0.4, 0.5) is 17.1 Å². The number of nitrogens with zero attached hydrogens (tertiary/aromatic N) is 5. The van der Waals surface area contributed by atoms with Gasteiger partial charge in [0.25, 0.3) is 27.5 Å². The first kappa shape index (κ1) is 48.9. The fraction of sp³-hybridized carbons (Fsp3) is 0.519. The third kappa shape index (κ3) is 10.6. The van der Waals surface area contributed by atoms with E-state index in [0.717, 1.165) is 88.5 Å². The number of fused-ring (bicyclic) bond motifs is 1. The number of likely N-dealkylation sites (tertiary alicyclic amines) is 2. The SMILES string of the molecule is CC(C)c1ccccc1[C@H]1CCC[C@H]1N1CC2(CCN(c3ccc(C(=O)NS(=O)(=O)c4ccc(NC[C@H]5CC[C@](C)(O)CC5)c([N+](=O)[O-])c4)c(Oc4cc5cc[nH]c5nc4OCCN4CCC4)c3)CC2)C1. The number of aromatic nitrogens is 2. The van der Waals surface area contributed by atoms with Gasteiger partial charge in [-0.1, -0.05) is 44.5 Å². The number of amides is 1. The highest BCUT2D eigenvalue weighted by Crippen LogP contribution is 2.49. The number of nitrogens with one attached hydrogen (secondary N) is 3. The van der Waals surface area contributed by atoms with Crippen LogP contribution < -0.4 is 24.4 Å². The number of carbonyl (C=O) groups excluding carboxylic acids is 1. The molecule has 10 rings (SSSR count). The monoisotopic (exact) mass is 988 g/mol. The third-order valence-electron chi connectivity index (χ3n) is 16.2. The van der Waals surface area contributed by atoms with Crippen molar-refractivity contribution in [3.8, 4) is 17.4 Å². The summed E-state index contributed by atoms with van der Waals surface area (Å²) in [6.07, 6.45) is 11.5. The number of ether oxygens (including phenoxy) is 2. The summed E-state index contributed by atoms with van der Waals surface area (Å²) < 4.78 is 43.0. The van der Waals surface area contributed by atoms with Crippen LogP contribution >= 0.6 is 0 Å². The van der Waals surface area contributed by atoms with Crippen molar-refractivity contribution in [3.63, 3.8) is 0 Å². The van der Waals surface area contributed by atoms with Crippen LogP contribution in [-0.2, 0) is 10.0 Å². The van der Waals surface area contributed by atoms with Gasteiger partial charge in [0.1, 0.15) is 23.7 Å². The lowest BCUT2D eigenvalue weighted by molar-refractivity contribution is -0.384. The molecule has 0 bridgehead atoms. The second-order valence-electron chi connectivity index (χ2n) is 21.5. The average molecular weight is 989 g/mol. The molecule has 5 aromatic rings. The Labute approximate surface area is 416 Å². The second-order valence-corrected chi connectivity index (χ2v) is 23.2. The van der Waals surface area contributed by atoms with Crippen LogP contribution in [0.3, 0.4) is 0 Å². The predicted molar refractivity (Wildman–Crippen MR) is 274 cm³/mol. The topological polar surface area (TPSA) is 195 Å². The zero-order valence-corrected chi connectivity index (χ0v) is 42.0. The Morgan fingerprint density at radius 3 is 2.45 bits per heavy atom. The molecule has 378 valence electrons. The summed E-state index contributed by atoms with van der Waals surface area (Å²) in [5.74, 6) is 0.893. The smallest absolute Gasteiger partial charge is 0.293 e. The summed E-state index contributed by atoms with van der Waals surface area (Å²) in [5.41, 5.74) is 3.66. The number of hydrogen-bond donors (Lipinski definition) is 4. The van der Waals surface area contributed by atoms with Crippen molar-refractivity contribution in [2.75, 3.05) is 69.2 Å². The summed E-state index contributed by atoms with van der Waals surface area (Å²) >= 11 is 0. The minimum absolute atomic E-state index is 0.0504. The van der Waals surface area contributed by atoms with Gasteiger partial charge in [-0.3, -0.25) is 24.7 Å². The Kier molecular flexibility index (Phi) is 13.8. The predicted octanol–water partition coefficient (Wildman–Crippen LogP) is 9.18. The zero-order chi connectivity index (χ0) is 49.5. The minimum Gasteiger partial charge on any atom is -0.474 e. The van der Waals surface area contributed by atoms with Gasteiger partial charge < -0.3 is 29.8 Å². The van der Waals surface area contributed by atoms with E-state index < -0.39 is 37.0 Å². The number of aliphatic hydroxyl groups is 1. The van der Waals surface area contributed by atoms with Crippen LogP contribution in [-0.4, -0.2) is 115 Å². The van der Waals surface area contributed by atoms with Crippen molar-refractivity contribution in [2.24, 2.45) is 11.3 Å². The van der Waals surface area contributed by atoms with Crippen LogP contribution in [0, 0.1) is 21.4 Å². The van der Waals surface area contributed by atoms with Crippen molar-refractivity contribution in [2.45, 2.75) is 113 Å². The summed E-state index contributed by atoms with van der Waals surface area (Å²) in [7, 11) is -4.62. The zero-order valence-electron chi connectivity index (χ0n) is 41.2. The van der Waals surface area contributed by atoms with E-state index in [0.29, 0.717) is 56.1 Å². The van der Waals surface area contributed by atoms with Gasteiger partial charge in [0, 0.05) is 74.7 Å². The first-order valence-corrected chi connectivity index (χ1v) is 27.2. The number of H-pyrrole nitrogens is 1. The molecule has 3 aliphatic heterocycles. The highest BCUT2D eigenvalue weighted by Gasteiger charge is 2.49. The molecule has 3 saturated heterocycles. The Bertz CT molecular complexity index is 2860. The van der Waals surface area contributed by atoms with Gasteiger partial charge in [0.2, 0.25) is 0 Å². The quantitative estimate of drug-likeness (QED) is 0.0509. The van der Waals surface area contributed by atoms with E-state index in [1.807, 2.05) is 19.1 Å². The van der Waals surface area contributed by atoms with Crippen LogP contribution in [0.5, 0.6) is 17.4 Å². The summed E-state index contributed by atoms with van der Waals surface area (Å²) in [5, 5.41) is 26.5. The number of rotatable bonds is 17. The molecule has 71 heavy (non-hydrogen) atoms. The molecule has 4 N–H and O–H groups in total. The number of pyridine rings is 1. The number of carbonyl (C=O) groups is 1. The van der Waals surface area contributed by atoms with Crippen molar-refractivity contribution in [3.05, 3.63) is 106 Å². The molecule has 1 amide bonds. The first-order valence-electron chi connectivity index (χ1n) is 25.7. The molecule has 0 radical (unpaired) electrons. The second kappa shape index (κ2) is 20.0. The van der Waals surface area contributed by atoms with E-state index in [1.54, 1.807) is 24.4 Å². The van der Waals surface area contributed by atoms with Crippen LogP contribution in [0.25, 0.3) is 11.0 Å². The Balaban J connectivity index is 0.874. The summed E-state index contributed by atoms with van der Waals surface area (Å²) in [4.78, 5) is 40.7. The third-order valence-corrected chi connectivity index (χ3v) is 17.5. The van der Waals surface area contributed by atoms with Gasteiger partial charge in [-0.2, -0.15) is 4.98 Å². The minimum atomic E-state index is -4.62. The van der Waals surface area contributed by atoms with Crippen LogP contribution in [0.1, 0.15) is 118 Å². The Hall–Kier alpha value is -5.75. The van der Waals surface area contributed by atoms with E-state index in [9.17, 15) is 28.4 Å².